The second kappa shape index (κ2) is 6.80. The molecule has 8 nitrogen and oxygen atoms in total. The molecule has 2 heterocycles. The smallest absolute Gasteiger partial charge is 0.328 e. The Kier molecular flexibility index (Phi) is 4.54. The fourth-order valence-electron chi connectivity index (χ4n) is 3.19. The number of allylic oxidation sites excluding steroid dienone is 1. The van der Waals surface area contributed by atoms with E-state index in [-0.39, 0.29) is 22.9 Å². The second-order valence-electron chi connectivity index (χ2n) is 5.84. The molecule has 134 valence electrons. The molecule has 4 N–H and O–H groups in total. The van der Waals surface area contributed by atoms with Crippen molar-refractivity contribution < 1.29 is 4.74 Å². The number of hydrogen-bond donors (Lipinski definition) is 3. The lowest BCUT2D eigenvalue weighted by Gasteiger charge is -2.26. The highest BCUT2D eigenvalue weighted by Crippen LogP contribution is 2.38. The van der Waals surface area contributed by atoms with Gasteiger partial charge < -0.3 is 15.4 Å². The van der Waals surface area contributed by atoms with Crippen molar-refractivity contribution in [3.63, 3.8) is 0 Å². The van der Waals surface area contributed by atoms with Gasteiger partial charge in [-0.25, -0.2) is 4.79 Å². The zero-order chi connectivity index (χ0) is 18.8. The van der Waals surface area contributed by atoms with Gasteiger partial charge >= 0.3 is 5.69 Å². The first-order chi connectivity index (χ1) is 12.5. The first kappa shape index (κ1) is 17.4. The highest BCUT2D eigenvalue weighted by molar-refractivity contribution is 5.55. The van der Waals surface area contributed by atoms with Crippen LogP contribution in [0.2, 0.25) is 0 Å². The molecule has 1 aromatic carbocycles. The number of aromatic nitrogens is 2. The molecule has 2 aromatic rings. The normalized spacial score (nSPS) is 15.8. The molecule has 3 rings (SSSR count). The summed E-state index contributed by atoms with van der Waals surface area (Å²) in [4.78, 5) is 30.7. The number of H-pyrrole nitrogens is 2. The summed E-state index contributed by atoms with van der Waals surface area (Å²) < 4.78 is 5.30. The number of ether oxygens (including phenoxy) is 1. The molecule has 0 spiro atoms. The summed E-state index contributed by atoms with van der Waals surface area (Å²) in [5, 5.41) is 9.52. The van der Waals surface area contributed by atoms with Crippen molar-refractivity contribution in [2.24, 2.45) is 5.73 Å². The van der Waals surface area contributed by atoms with Crippen LogP contribution < -0.4 is 26.6 Å². The van der Waals surface area contributed by atoms with E-state index in [1.807, 2.05) is 30.3 Å². The minimum Gasteiger partial charge on any atom is -0.424 e. The van der Waals surface area contributed by atoms with Crippen molar-refractivity contribution in [1.82, 2.24) is 9.97 Å². The highest BCUT2D eigenvalue weighted by Gasteiger charge is 2.34. The van der Waals surface area contributed by atoms with E-state index in [2.05, 4.69) is 28.7 Å². The van der Waals surface area contributed by atoms with Crippen molar-refractivity contribution >= 4 is 5.69 Å². The van der Waals surface area contributed by atoms with Crippen LogP contribution in [-0.2, 0) is 0 Å². The van der Waals surface area contributed by atoms with E-state index in [9.17, 15) is 14.9 Å². The van der Waals surface area contributed by atoms with Crippen LogP contribution in [0.25, 0.3) is 0 Å². The molecular formula is C18H19N5O3. The van der Waals surface area contributed by atoms with Crippen LogP contribution in [0.4, 0.5) is 5.69 Å². The van der Waals surface area contributed by atoms with Gasteiger partial charge in [-0.1, -0.05) is 12.1 Å². The van der Waals surface area contributed by atoms with Crippen LogP contribution in [0.3, 0.4) is 0 Å². The van der Waals surface area contributed by atoms with Gasteiger partial charge in [0.05, 0.1) is 11.5 Å². The lowest BCUT2D eigenvalue weighted by Crippen LogP contribution is -2.33. The monoisotopic (exact) mass is 353 g/mol. The molecule has 0 saturated carbocycles. The molecular weight excluding hydrogens is 334 g/mol. The molecule has 8 heteroatoms. The quantitative estimate of drug-likeness (QED) is 0.756. The van der Waals surface area contributed by atoms with E-state index in [1.165, 1.54) is 0 Å². The Morgan fingerprint density at radius 2 is 1.85 bits per heavy atom. The molecule has 1 unspecified atom stereocenters. The SMILES string of the molecule is CCN(CC)c1ccc(C2C(C#N)=C(N)Oc3[nH]c(=O)[nH]c(=O)c32)cc1. The maximum atomic E-state index is 12.4. The molecule has 0 bridgehead atoms. The average Bonchev–Trinajstić information content (AvgIpc) is 2.62. The van der Waals surface area contributed by atoms with Gasteiger partial charge in [-0.15, -0.1) is 0 Å². The fourth-order valence-corrected chi connectivity index (χ4v) is 3.19. The number of rotatable bonds is 4. The molecule has 0 amide bonds. The van der Waals surface area contributed by atoms with Gasteiger partial charge in [0.2, 0.25) is 11.8 Å². The number of nitrogens with zero attached hydrogens (tertiary/aromatic N) is 2. The first-order valence-electron chi connectivity index (χ1n) is 8.29. The topological polar surface area (TPSA) is 128 Å². The number of anilines is 1. The molecule has 26 heavy (non-hydrogen) atoms. The molecule has 1 atom stereocenters. The first-order valence-corrected chi connectivity index (χ1v) is 8.29. The largest absolute Gasteiger partial charge is 0.424 e. The third kappa shape index (κ3) is 2.84. The van der Waals surface area contributed by atoms with Crippen LogP contribution >= 0.6 is 0 Å². The second-order valence-corrected chi connectivity index (χ2v) is 5.84. The summed E-state index contributed by atoms with van der Waals surface area (Å²) in [5.41, 5.74) is 6.58. The van der Waals surface area contributed by atoms with Gasteiger partial charge in [0, 0.05) is 18.8 Å². The predicted molar refractivity (Wildman–Crippen MR) is 97.0 cm³/mol. The summed E-state index contributed by atoms with van der Waals surface area (Å²) in [6.45, 7) is 5.87. The van der Waals surface area contributed by atoms with Gasteiger partial charge in [-0.05, 0) is 31.5 Å². The minimum atomic E-state index is -0.713. The third-order valence-electron chi connectivity index (χ3n) is 4.47. The average molecular weight is 353 g/mol. The number of aromatic amines is 2. The maximum absolute atomic E-state index is 12.4. The Balaban J connectivity index is 2.16. The lowest BCUT2D eigenvalue weighted by molar-refractivity contribution is 0.373. The Hall–Kier alpha value is -3.47. The number of nitrogens with one attached hydrogen (secondary N) is 2. The Labute approximate surface area is 149 Å². The highest BCUT2D eigenvalue weighted by atomic mass is 16.5. The number of nitrogens with two attached hydrogens (primary N) is 1. The zero-order valence-corrected chi connectivity index (χ0v) is 14.5. The molecule has 1 aliphatic heterocycles. The van der Waals surface area contributed by atoms with Gasteiger partial charge in [-0.2, -0.15) is 5.26 Å². The molecule has 0 saturated heterocycles. The number of nitriles is 1. The van der Waals surface area contributed by atoms with Gasteiger partial charge in [0.15, 0.2) is 0 Å². The van der Waals surface area contributed by atoms with E-state index >= 15 is 0 Å². The molecule has 1 aromatic heterocycles. The van der Waals surface area contributed by atoms with Crippen LogP contribution in [0, 0.1) is 11.3 Å². The Morgan fingerprint density at radius 3 is 2.42 bits per heavy atom. The van der Waals surface area contributed by atoms with E-state index < -0.39 is 17.2 Å². The summed E-state index contributed by atoms with van der Waals surface area (Å²) in [7, 11) is 0. The van der Waals surface area contributed by atoms with Crippen LogP contribution in [0.15, 0.2) is 45.3 Å². The van der Waals surface area contributed by atoms with Crippen molar-refractivity contribution in [2.75, 3.05) is 18.0 Å². The summed E-state index contributed by atoms with van der Waals surface area (Å²) in [6.07, 6.45) is 0. The van der Waals surface area contributed by atoms with E-state index in [0.717, 1.165) is 18.8 Å². The number of benzene rings is 1. The molecule has 1 aliphatic rings. The van der Waals surface area contributed by atoms with Gasteiger partial charge in [-0.3, -0.25) is 14.8 Å². The number of hydrogen-bond acceptors (Lipinski definition) is 6. The minimum absolute atomic E-state index is 0.0342. The predicted octanol–water partition coefficient (Wildman–Crippen LogP) is 1.13. The van der Waals surface area contributed by atoms with Gasteiger partial charge in [0.25, 0.3) is 5.56 Å². The maximum Gasteiger partial charge on any atom is 0.328 e. The van der Waals surface area contributed by atoms with Gasteiger partial charge in [0.1, 0.15) is 11.6 Å². The van der Waals surface area contributed by atoms with Crippen molar-refractivity contribution in [1.29, 1.82) is 5.26 Å². The van der Waals surface area contributed by atoms with E-state index in [4.69, 9.17) is 10.5 Å². The van der Waals surface area contributed by atoms with Crippen LogP contribution in [0.1, 0.15) is 30.9 Å². The summed E-state index contributed by atoms with van der Waals surface area (Å²) >= 11 is 0. The summed E-state index contributed by atoms with van der Waals surface area (Å²) in [6, 6.07) is 9.58. The van der Waals surface area contributed by atoms with E-state index in [0.29, 0.717) is 5.56 Å². The summed E-state index contributed by atoms with van der Waals surface area (Å²) in [5.74, 6) is -0.873. The molecule has 0 radical (unpaired) electrons. The Morgan fingerprint density at radius 1 is 1.19 bits per heavy atom. The zero-order valence-electron chi connectivity index (χ0n) is 14.5. The van der Waals surface area contributed by atoms with Crippen molar-refractivity contribution in [2.45, 2.75) is 19.8 Å². The molecule has 0 fully saturated rings. The third-order valence-corrected chi connectivity index (χ3v) is 4.47. The molecule has 0 aliphatic carbocycles. The van der Waals surface area contributed by atoms with Crippen LogP contribution in [-0.4, -0.2) is 23.1 Å². The Bertz CT molecular complexity index is 1010. The number of fused-ring (bicyclic) bond motifs is 1. The standard InChI is InChI=1S/C18H19N5O3/c1-3-23(4-2)11-7-5-10(6-8-11)13-12(9-19)15(20)26-17-14(13)16(24)21-18(25)22-17/h5-8,13H,3-4,20H2,1-2H3,(H2,21,22,24,25). The lowest BCUT2D eigenvalue weighted by atomic mass is 9.85. The fraction of sp³-hybridized carbons (Fsp3) is 0.278. The van der Waals surface area contributed by atoms with Crippen molar-refractivity contribution in [3.05, 3.63) is 67.7 Å². The van der Waals surface area contributed by atoms with Crippen LogP contribution in [0.5, 0.6) is 5.88 Å². The van der Waals surface area contributed by atoms with Crippen molar-refractivity contribution in [3.8, 4) is 11.9 Å². The van der Waals surface area contributed by atoms with E-state index in [1.54, 1.807) is 0 Å².